The fourth-order valence-corrected chi connectivity index (χ4v) is 3.42. The second kappa shape index (κ2) is 8.95. The Bertz CT molecular complexity index is 971. The minimum absolute atomic E-state index is 0.0426. The summed E-state index contributed by atoms with van der Waals surface area (Å²) in [6.45, 7) is 2.70. The first-order chi connectivity index (χ1) is 13.5. The SMILES string of the molecule is CCCOc1ccc(/C=C2\SC(=Nc3ccc(Cl)c(C(=O)O)c3)NC2=O)cc1. The minimum Gasteiger partial charge on any atom is -0.494 e. The van der Waals surface area contributed by atoms with Gasteiger partial charge in [0.05, 0.1) is 27.8 Å². The molecule has 6 nitrogen and oxygen atoms in total. The van der Waals surface area contributed by atoms with Gasteiger partial charge in [0.1, 0.15) is 5.75 Å². The number of halogens is 1. The van der Waals surface area contributed by atoms with E-state index < -0.39 is 5.97 Å². The minimum atomic E-state index is -1.14. The number of carbonyl (C=O) groups is 2. The van der Waals surface area contributed by atoms with Crippen molar-refractivity contribution in [1.82, 2.24) is 5.32 Å². The summed E-state index contributed by atoms with van der Waals surface area (Å²) in [4.78, 5) is 28.2. The van der Waals surface area contributed by atoms with Gasteiger partial charge >= 0.3 is 5.97 Å². The predicted octanol–water partition coefficient (Wildman–Crippen LogP) is 4.72. The van der Waals surface area contributed by atoms with E-state index in [0.29, 0.717) is 22.4 Å². The van der Waals surface area contributed by atoms with Gasteiger partial charge in [-0.25, -0.2) is 9.79 Å². The molecule has 0 spiro atoms. The third-order valence-corrected chi connectivity index (χ3v) is 4.95. The number of aromatic carboxylic acids is 1. The zero-order chi connectivity index (χ0) is 20.1. The van der Waals surface area contributed by atoms with Gasteiger partial charge in [0.25, 0.3) is 5.91 Å². The van der Waals surface area contributed by atoms with E-state index in [1.165, 1.54) is 23.9 Å². The van der Waals surface area contributed by atoms with E-state index in [2.05, 4.69) is 10.3 Å². The lowest BCUT2D eigenvalue weighted by Gasteiger charge is -2.04. The van der Waals surface area contributed by atoms with Crippen molar-refractivity contribution < 1.29 is 19.4 Å². The van der Waals surface area contributed by atoms with Crippen LogP contribution >= 0.6 is 23.4 Å². The van der Waals surface area contributed by atoms with Gasteiger partial charge in [-0.15, -0.1) is 0 Å². The average Bonchev–Trinajstić information content (AvgIpc) is 3.01. The molecule has 8 heteroatoms. The molecule has 3 rings (SSSR count). The monoisotopic (exact) mass is 416 g/mol. The number of carbonyl (C=O) groups excluding carboxylic acids is 1. The van der Waals surface area contributed by atoms with Gasteiger partial charge < -0.3 is 15.2 Å². The third-order valence-electron chi connectivity index (χ3n) is 3.71. The number of benzene rings is 2. The number of carboxylic acids is 1. The van der Waals surface area contributed by atoms with Crippen molar-refractivity contribution in [1.29, 1.82) is 0 Å². The largest absolute Gasteiger partial charge is 0.494 e. The average molecular weight is 417 g/mol. The van der Waals surface area contributed by atoms with Gasteiger partial charge in [0.2, 0.25) is 0 Å². The quantitative estimate of drug-likeness (QED) is 0.665. The second-order valence-electron chi connectivity index (χ2n) is 5.87. The van der Waals surface area contributed by atoms with E-state index in [4.69, 9.17) is 21.4 Å². The summed E-state index contributed by atoms with van der Waals surface area (Å²) < 4.78 is 5.54. The molecule has 0 radical (unpaired) electrons. The van der Waals surface area contributed by atoms with Gasteiger partial charge in [0, 0.05) is 0 Å². The first kappa shape index (κ1) is 20.0. The lowest BCUT2D eigenvalue weighted by molar-refractivity contribution is -0.115. The topological polar surface area (TPSA) is 88.0 Å². The molecule has 1 heterocycles. The zero-order valence-electron chi connectivity index (χ0n) is 14.9. The van der Waals surface area contributed by atoms with E-state index in [0.717, 1.165) is 17.7 Å². The predicted molar refractivity (Wildman–Crippen MR) is 111 cm³/mol. The maximum absolute atomic E-state index is 12.2. The second-order valence-corrected chi connectivity index (χ2v) is 7.31. The van der Waals surface area contributed by atoms with Crippen LogP contribution in [0.4, 0.5) is 5.69 Å². The summed E-state index contributed by atoms with van der Waals surface area (Å²) in [5, 5.41) is 12.3. The van der Waals surface area contributed by atoms with Gasteiger partial charge in [-0.05, 0) is 60.2 Å². The maximum atomic E-state index is 12.2. The molecular weight excluding hydrogens is 400 g/mol. The van der Waals surface area contributed by atoms with Crippen LogP contribution in [0.2, 0.25) is 5.02 Å². The number of nitrogens with one attached hydrogen (secondary N) is 1. The molecule has 0 saturated carbocycles. The van der Waals surface area contributed by atoms with Gasteiger partial charge in [-0.3, -0.25) is 4.79 Å². The van der Waals surface area contributed by atoms with Crippen LogP contribution in [0, 0.1) is 0 Å². The Morgan fingerprint density at radius 1 is 1.29 bits per heavy atom. The molecule has 1 saturated heterocycles. The van der Waals surface area contributed by atoms with Crippen molar-refractivity contribution in [3.8, 4) is 5.75 Å². The molecule has 0 unspecified atom stereocenters. The van der Waals surface area contributed by atoms with Gasteiger partial charge in [-0.1, -0.05) is 30.7 Å². The summed E-state index contributed by atoms with van der Waals surface area (Å²) in [6.07, 6.45) is 2.70. The van der Waals surface area contributed by atoms with Crippen LogP contribution in [0.25, 0.3) is 6.08 Å². The highest BCUT2D eigenvalue weighted by atomic mass is 35.5. The van der Waals surface area contributed by atoms with E-state index in [9.17, 15) is 9.59 Å². The third kappa shape index (κ3) is 4.94. The number of aliphatic imine (C=N–C) groups is 1. The van der Waals surface area contributed by atoms with Crippen LogP contribution in [0.1, 0.15) is 29.3 Å². The number of carboxylic acid groups (broad SMARTS) is 1. The summed E-state index contributed by atoms with van der Waals surface area (Å²) >= 11 is 7.05. The van der Waals surface area contributed by atoms with Crippen LogP contribution < -0.4 is 10.1 Å². The number of amides is 1. The molecule has 0 aromatic heterocycles. The summed E-state index contributed by atoms with van der Waals surface area (Å²) in [7, 11) is 0. The molecule has 0 aliphatic carbocycles. The van der Waals surface area contributed by atoms with Crippen molar-refractivity contribution >= 4 is 52.2 Å². The van der Waals surface area contributed by atoms with Crippen LogP contribution in [0.3, 0.4) is 0 Å². The lowest BCUT2D eigenvalue weighted by atomic mass is 10.2. The molecule has 1 aliphatic rings. The summed E-state index contributed by atoms with van der Waals surface area (Å²) in [5.41, 5.74) is 1.21. The molecule has 0 bridgehead atoms. The Morgan fingerprint density at radius 3 is 2.71 bits per heavy atom. The molecular formula is C20H17ClN2O4S. The molecule has 28 heavy (non-hydrogen) atoms. The van der Waals surface area contributed by atoms with Crippen molar-refractivity contribution in [2.75, 3.05) is 6.61 Å². The lowest BCUT2D eigenvalue weighted by Crippen LogP contribution is -2.19. The number of ether oxygens (including phenoxy) is 1. The number of hydrogen-bond donors (Lipinski definition) is 2. The van der Waals surface area contributed by atoms with Crippen LogP contribution in [0.5, 0.6) is 5.75 Å². The molecule has 2 N–H and O–H groups in total. The van der Waals surface area contributed by atoms with Gasteiger partial charge in [-0.2, -0.15) is 0 Å². The highest BCUT2D eigenvalue weighted by Crippen LogP contribution is 2.29. The summed E-state index contributed by atoms with van der Waals surface area (Å²) in [6, 6.07) is 11.9. The highest BCUT2D eigenvalue weighted by Gasteiger charge is 2.24. The van der Waals surface area contributed by atoms with Crippen molar-refractivity contribution in [2.24, 2.45) is 4.99 Å². The Balaban J connectivity index is 1.76. The number of amidine groups is 1. The Labute approximate surface area is 171 Å². The van der Waals surface area contributed by atoms with Crippen molar-refractivity contribution in [3.05, 3.63) is 63.5 Å². The van der Waals surface area contributed by atoms with Crippen LogP contribution in [-0.4, -0.2) is 28.8 Å². The van der Waals surface area contributed by atoms with E-state index >= 15 is 0 Å². The first-order valence-corrected chi connectivity index (χ1v) is 9.71. The van der Waals surface area contributed by atoms with E-state index in [1.807, 2.05) is 31.2 Å². The zero-order valence-corrected chi connectivity index (χ0v) is 16.5. The fourth-order valence-electron chi connectivity index (χ4n) is 2.38. The Morgan fingerprint density at radius 2 is 2.04 bits per heavy atom. The first-order valence-electron chi connectivity index (χ1n) is 8.51. The smallest absolute Gasteiger partial charge is 0.337 e. The molecule has 1 fully saturated rings. The molecule has 1 aliphatic heterocycles. The van der Waals surface area contributed by atoms with Gasteiger partial charge in [0.15, 0.2) is 5.17 Å². The van der Waals surface area contributed by atoms with Crippen molar-refractivity contribution in [3.63, 3.8) is 0 Å². The number of nitrogens with zero attached hydrogens (tertiary/aromatic N) is 1. The fraction of sp³-hybridized carbons (Fsp3) is 0.150. The van der Waals surface area contributed by atoms with Crippen molar-refractivity contribution in [2.45, 2.75) is 13.3 Å². The maximum Gasteiger partial charge on any atom is 0.337 e. The molecule has 1 amide bonds. The van der Waals surface area contributed by atoms with E-state index in [1.54, 1.807) is 12.1 Å². The van der Waals surface area contributed by atoms with E-state index in [-0.39, 0.29) is 16.5 Å². The molecule has 0 atom stereocenters. The molecule has 2 aromatic rings. The Kier molecular flexibility index (Phi) is 6.38. The number of rotatable bonds is 6. The number of hydrogen-bond acceptors (Lipinski definition) is 5. The number of thioether (sulfide) groups is 1. The van der Waals surface area contributed by atoms with Crippen LogP contribution in [-0.2, 0) is 4.79 Å². The van der Waals surface area contributed by atoms with Crippen LogP contribution in [0.15, 0.2) is 52.4 Å². The normalized spacial score (nSPS) is 16.4. The molecule has 144 valence electrons. The Hall–Kier alpha value is -2.77. The molecule has 2 aromatic carbocycles. The standard InChI is InChI=1S/C20H17ClN2O4S/c1-2-9-27-14-6-3-12(4-7-14)10-17-18(24)23-20(28-17)22-13-5-8-16(21)15(11-13)19(25)26/h3-8,10-11H,2,9H2,1H3,(H,25,26)(H,22,23,24)/b17-10-. The highest BCUT2D eigenvalue weighted by molar-refractivity contribution is 8.18. The summed E-state index contributed by atoms with van der Waals surface area (Å²) in [5.74, 6) is -0.614.